The third kappa shape index (κ3) is 3.51. The molecule has 0 fully saturated rings. The number of nitrogens with zero attached hydrogens (tertiary/aromatic N) is 2. The van der Waals surface area contributed by atoms with Crippen molar-refractivity contribution in [2.45, 2.75) is 0 Å². The normalized spacial score (nSPS) is 10.8. The largest absolute Gasteiger partial charge is 0.466 e. The van der Waals surface area contributed by atoms with E-state index in [-0.39, 0.29) is 12.4 Å². The van der Waals surface area contributed by atoms with Crippen LogP contribution in [0.1, 0.15) is 5.56 Å². The Kier molecular flexibility index (Phi) is 5.43. The molecule has 0 spiro atoms. The van der Waals surface area contributed by atoms with Gasteiger partial charge in [-0.05, 0) is 30.3 Å². The van der Waals surface area contributed by atoms with E-state index in [0.29, 0.717) is 32.9 Å². The highest BCUT2D eigenvalue weighted by Crippen LogP contribution is 2.31. The number of hydrogen-bond donors (Lipinski definition) is 1. The third-order valence-corrected chi connectivity index (χ3v) is 4.83. The van der Waals surface area contributed by atoms with Crippen LogP contribution in [0.25, 0.3) is 10.9 Å². The Labute approximate surface area is 162 Å². The zero-order valence-corrected chi connectivity index (χ0v) is 16.2. The van der Waals surface area contributed by atoms with Crippen LogP contribution in [0.15, 0.2) is 53.3 Å². The molecule has 2 aromatic carbocycles. The van der Waals surface area contributed by atoms with Crippen molar-refractivity contribution in [3.05, 3.63) is 64.4 Å². The molecule has 6 nitrogen and oxygen atoms in total. The molecule has 1 heterocycles. The number of nitrogens with two attached hydrogens (primary N) is 1. The molecule has 0 bridgehead atoms. The summed E-state index contributed by atoms with van der Waals surface area (Å²) in [5.74, 6) is 0.370. The predicted molar refractivity (Wildman–Crippen MR) is 113 cm³/mol. The fourth-order valence-corrected chi connectivity index (χ4v) is 3.22. The quantitative estimate of drug-likeness (QED) is 0.415. The van der Waals surface area contributed by atoms with Gasteiger partial charge in [0.2, 0.25) is 0 Å². The third-order valence-electron chi connectivity index (χ3n) is 4.36. The Morgan fingerprint density at radius 3 is 2.59 bits per heavy atom. The van der Waals surface area contributed by atoms with E-state index >= 15 is 0 Å². The summed E-state index contributed by atoms with van der Waals surface area (Å²) in [6.07, 6.45) is 0. The number of rotatable bonds is 5. The van der Waals surface area contributed by atoms with Crippen LogP contribution in [-0.4, -0.2) is 30.5 Å². The number of nitrogen functional groups attached to an aromatic ring is 1. The zero-order valence-electron chi connectivity index (χ0n) is 15.4. The number of methoxy groups -OCH3 is 1. The van der Waals surface area contributed by atoms with Gasteiger partial charge in [-0.25, -0.2) is 0 Å². The number of thiocarbonyl (C=S) groups is 1. The van der Waals surface area contributed by atoms with Crippen molar-refractivity contribution in [1.29, 1.82) is 0 Å². The van der Waals surface area contributed by atoms with Gasteiger partial charge in [-0.3, -0.25) is 4.79 Å². The fourth-order valence-electron chi connectivity index (χ4n) is 2.93. The molecule has 0 aliphatic rings. The Morgan fingerprint density at radius 1 is 1.22 bits per heavy atom. The van der Waals surface area contributed by atoms with E-state index in [4.69, 9.17) is 27.4 Å². The average Bonchev–Trinajstić information content (AvgIpc) is 2.69. The van der Waals surface area contributed by atoms with Gasteiger partial charge in [0.25, 0.3) is 5.56 Å². The average molecular weight is 383 g/mol. The molecule has 0 saturated carbocycles. The second-order valence-corrected chi connectivity index (χ2v) is 6.48. The first-order chi connectivity index (χ1) is 13.0. The fraction of sp³-hybridized carbons (Fsp3) is 0.200. The van der Waals surface area contributed by atoms with Gasteiger partial charge >= 0.3 is 0 Å². The zero-order chi connectivity index (χ0) is 19.6. The SMILES string of the molecule is COCOc1c(C(=S)N(C)c2ccccc2)c(=O)n(C)c2ccc(N)cc12. The standard InChI is InChI=1S/C20H21N3O3S/c1-22(14-7-5-4-6-8-14)20(27)17-18(26-12-25-3)15-11-13(21)9-10-16(15)23(2)19(17)24/h4-11H,12,21H2,1-3H3. The summed E-state index contributed by atoms with van der Waals surface area (Å²) in [6, 6.07) is 14.9. The van der Waals surface area contributed by atoms with Gasteiger partial charge in [-0.2, -0.15) is 0 Å². The summed E-state index contributed by atoms with van der Waals surface area (Å²) in [5, 5.41) is 0.702. The van der Waals surface area contributed by atoms with Gasteiger partial charge in [0.1, 0.15) is 16.3 Å². The first-order valence-electron chi connectivity index (χ1n) is 8.32. The highest BCUT2D eigenvalue weighted by molar-refractivity contribution is 7.81. The molecule has 0 atom stereocenters. The van der Waals surface area contributed by atoms with E-state index < -0.39 is 0 Å². The Morgan fingerprint density at radius 2 is 1.93 bits per heavy atom. The first-order valence-corrected chi connectivity index (χ1v) is 8.73. The number of pyridine rings is 1. The van der Waals surface area contributed by atoms with Crippen LogP contribution in [0, 0.1) is 0 Å². The van der Waals surface area contributed by atoms with Gasteiger partial charge in [-0.1, -0.05) is 30.4 Å². The van der Waals surface area contributed by atoms with Crippen LogP contribution in [0.2, 0.25) is 0 Å². The van der Waals surface area contributed by atoms with E-state index in [9.17, 15) is 4.79 Å². The van der Waals surface area contributed by atoms with Crippen LogP contribution in [-0.2, 0) is 11.8 Å². The summed E-state index contributed by atoms with van der Waals surface area (Å²) in [4.78, 5) is 15.3. The van der Waals surface area contributed by atoms with E-state index in [1.807, 2.05) is 37.4 Å². The van der Waals surface area contributed by atoms with Crippen molar-refractivity contribution >= 4 is 39.5 Å². The van der Waals surface area contributed by atoms with E-state index in [1.54, 1.807) is 34.7 Å². The van der Waals surface area contributed by atoms with Crippen LogP contribution in [0.5, 0.6) is 5.75 Å². The van der Waals surface area contributed by atoms with Crippen molar-refractivity contribution in [2.75, 3.05) is 31.6 Å². The first kappa shape index (κ1) is 18.9. The highest BCUT2D eigenvalue weighted by atomic mass is 32.1. The molecule has 0 amide bonds. The minimum absolute atomic E-state index is 0.0122. The van der Waals surface area contributed by atoms with Crippen molar-refractivity contribution in [3.8, 4) is 5.75 Å². The molecule has 3 rings (SSSR count). The predicted octanol–water partition coefficient (Wildman–Crippen LogP) is 2.92. The molecule has 0 aliphatic heterocycles. The number of aryl methyl sites for hydroxylation is 1. The van der Waals surface area contributed by atoms with E-state index in [2.05, 4.69) is 0 Å². The number of anilines is 2. The van der Waals surface area contributed by atoms with Crippen LogP contribution in [0.3, 0.4) is 0 Å². The Bertz CT molecular complexity index is 1050. The molecule has 7 heteroatoms. The van der Waals surface area contributed by atoms with Gasteiger partial charge in [0.15, 0.2) is 6.79 Å². The lowest BCUT2D eigenvalue weighted by Crippen LogP contribution is -2.34. The smallest absolute Gasteiger partial charge is 0.264 e. The molecule has 2 N–H and O–H groups in total. The van der Waals surface area contributed by atoms with Gasteiger partial charge in [-0.15, -0.1) is 0 Å². The minimum atomic E-state index is -0.244. The Balaban J connectivity index is 2.25. The van der Waals surface area contributed by atoms with Gasteiger partial charge in [0, 0.05) is 38.0 Å². The van der Waals surface area contributed by atoms with E-state index in [1.165, 1.54) is 7.11 Å². The molecule has 0 unspecified atom stereocenters. The molecular formula is C20H21N3O3S. The highest BCUT2D eigenvalue weighted by Gasteiger charge is 2.23. The molecular weight excluding hydrogens is 362 g/mol. The monoisotopic (exact) mass is 383 g/mol. The Hall–Kier alpha value is -2.90. The lowest BCUT2D eigenvalue weighted by Gasteiger charge is -2.23. The molecule has 140 valence electrons. The van der Waals surface area contributed by atoms with Gasteiger partial charge < -0.3 is 24.7 Å². The molecule has 0 radical (unpaired) electrons. The molecule has 0 aliphatic carbocycles. The van der Waals surface area contributed by atoms with E-state index in [0.717, 1.165) is 5.69 Å². The number of hydrogen-bond acceptors (Lipinski definition) is 5. The maximum atomic E-state index is 13.1. The summed E-state index contributed by atoms with van der Waals surface area (Å²) >= 11 is 5.67. The summed E-state index contributed by atoms with van der Waals surface area (Å²) in [5.41, 5.74) is 8.16. The summed E-state index contributed by atoms with van der Waals surface area (Å²) in [6.45, 7) is -0.0122. The second kappa shape index (κ2) is 7.77. The van der Waals surface area contributed by atoms with Crippen molar-refractivity contribution < 1.29 is 9.47 Å². The van der Waals surface area contributed by atoms with Crippen LogP contribution >= 0.6 is 12.2 Å². The number of benzene rings is 2. The maximum absolute atomic E-state index is 13.1. The number of fused-ring (bicyclic) bond motifs is 1. The number of ether oxygens (including phenoxy) is 2. The summed E-state index contributed by atoms with van der Waals surface area (Å²) in [7, 11) is 5.04. The van der Waals surface area contributed by atoms with Crippen LogP contribution in [0.4, 0.5) is 11.4 Å². The van der Waals surface area contributed by atoms with Crippen molar-refractivity contribution in [2.24, 2.45) is 7.05 Å². The van der Waals surface area contributed by atoms with Gasteiger partial charge in [0.05, 0.1) is 5.52 Å². The molecule has 1 aromatic heterocycles. The minimum Gasteiger partial charge on any atom is -0.466 e. The second-order valence-electron chi connectivity index (χ2n) is 6.10. The number of para-hydroxylation sites is 1. The molecule has 3 aromatic rings. The lowest BCUT2D eigenvalue weighted by atomic mass is 10.1. The van der Waals surface area contributed by atoms with Crippen molar-refractivity contribution in [3.63, 3.8) is 0 Å². The summed E-state index contributed by atoms with van der Waals surface area (Å²) < 4.78 is 12.4. The molecule has 0 saturated heterocycles. The number of aromatic nitrogens is 1. The molecule has 27 heavy (non-hydrogen) atoms. The lowest BCUT2D eigenvalue weighted by molar-refractivity contribution is 0.0520. The van der Waals surface area contributed by atoms with Crippen LogP contribution < -0.4 is 20.9 Å². The maximum Gasteiger partial charge on any atom is 0.264 e. The topological polar surface area (TPSA) is 69.7 Å². The van der Waals surface area contributed by atoms with Crippen molar-refractivity contribution in [1.82, 2.24) is 4.57 Å².